The van der Waals surface area contributed by atoms with Gasteiger partial charge in [0.1, 0.15) is 6.04 Å². The van der Waals surface area contributed by atoms with E-state index in [9.17, 15) is 14.4 Å². The van der Waals surface area contributed by atoms with E-state index in [-0.39, 0.29) is 24.2 Å². The van der Waals surface area contributed by atoms with Crippen LogP contribution in [0.25, 0.3) is 0 Å². The molecule has 0 heterocycles. The van der Waals surface area contributed by atoms with E-state index in [2.05, 4.69) is 15.4 Å². The minimum absolute atomic E-state index is 0.232. The second-order valence-electron chi connectivity index (χ2n) is 6.55. The van der Waals surface area contributed by atoms with Gasteiger partial charge in [0, 0.05) is 24.9 Å². The lowest BCUT2D eigenvalue weighted by Crippen LogP contribution is -2.48. The highest BCUT2D eigenvalue weighted by Crippen LogP contribution is 2.07. The van der Waals surface area contributed by atoms with E-state index in [1.807, 2.05) is 49.4 Å². The van der Waals surface area contributed by atoms with Gasteiger partial charge >= 0.3 is 5.97 Å². The first-order chi connectivity index (χ1) is 13.5. The number of methoxy groups -OCH3 is 1. The Hall–Kier alpha value is -3.15. The Labute approximate surface area is 165 Å². The van der Waals surface area contributed by atoms with E-state index in [0.717, 1.165) is 11.1 Å². The smallest absolute Gasteiger partial charge is 0.305 e. The molecule has 0 aliphatic heterocycles. The number of amides is 2. The topological polar surface area (TPSA) is 84.5 Å². The maximum atomic E-state index is 12.6. The van der Waals surface area contributed by atoms with Crippen molar-refractivity contribution in [2.75, 3.05) is 13.7 Å². The van der Waals surface area contributed by atoms with Crippen LogP contribution in [0.2, 0.25) is 0 Å². The van der Waals surface area contributed by atoms with Gasteiger partial charge in [-0.25, -0.2) is 0 Å². The number of rotatable bonds is 9. The van der Waals surface area contributed by atoms with Gasteiger partial charge in [0.15, 0.2) is 0 Å². The first kappa shape index (κ1) is 21.2. The van der Waals surface area contributed by atoms with Crippen LogP contribution in [0.1, 0.15) is 34.3 Å². The van der Waals surface area contributed by atoms with Crippen molar-refractivity contribution in [3.8, 4) is 0 Å². The Morgan fingerprint density at radius 3 is 2.32 bits per heavy atom. The first-order valence-corrected chi connectivity index (χ1v) is 9.25. The molecule has 2 amide bonds. The van der Waals surface area contributed by atoms with Gasteiger partial charge in [-0.3, -0.25) is 14.4 Å². The number of carbonyl (C=O) groups is 3. The third-order valence-electron chi connectivity index (χ3n) is 4.30. The molecule has 0 aliphatic carbocycles. The summed E-state index contributed by atoms with van der Waals surface area (Å²) in [5.74, 6) is -0.900. The van der Waals surface area contributed by atoms with Crippen LogP contribution in [0.15, 0.2) is 54.6 Å². The molecule has 0 saturated heterocycles. The summed E-state index contributed by atoms with van der Waals surface area (Å²) in [6.07, 6.45) is 1.08. The summed E-state index contributed by atoms with van der Waals surface area (Å²) >= 11 is 0. The fourth-order valence-electron chi connectivity index (χ4n) is 2.68. The van der Waals surface area contributed by atoms with Gasteiger partial charge in [0.05, 0.1) is 7.11 Å². The standard InChI is InChI=1S/C22H26N2O4/c1-16-10-12-18(13-11-16)21(26)24-19(15-17-7-4-3-5-8-17)22(27)23-14-6-9-20(25)28-2/h3-5,7-8,10-13,19H,6,9,14-15H2,1-2H3,(H,23,27)(H,24,26)/t19-/m0/s1. The highest BCUT2D eigenvalue weighted by atomic mass is 16.5. The summed E-state index contributed by atoms with van der Waals surface area (Å²) in [6.45, 7) is 2.28. The van der Waals surface area contributed by atoms with Gasteiger partial charge in [-0.15, -0.1) is 0 Å². The number of hydrogen-bond donors (Lipinski definition) is 2. The molecule has 6 nitrogen and oxygen atoms in total. The molecule has 2 aromatic carbocycles. The molecule has 0 fully saturated rings. The molecule has 28 heavy (non-hydrogen) atoms. The Morgan fingerprint density at radius 2 is 1.68 bits per heavy atom. The van der Waals surface area contributed by atoms with Crippen LogP contribution in [0, 0.1) is 6.92 Å². The van der Waals surface area contributed by atoms with Gasteiger partial charge in [-0.05, 0) is 31.0 Å². The number of carbonyl (C=O) groups excluding carboxylic acids is 3. The molecule has 6 heteroatoms. The van der Waals surface area contributed by atoms with Crippen molar-refractivity contribution in [3.05, 3.63) is 71.3 Å². The highest BCUT2D eigenvalue weighted by molar-refractivity contribution is 5.97. The average molecular weight is 382 g/mol. The van der Waals surface area contributed by atoms with E-state index in [1.54, 1.807) is 12.1 Å². The molecule has 148 valence electrons. The van der Waals surface area contributed by atoms with Crippen LogP contribution in [0.5, 0.6) is 0 Å². The summed E-state index contributed by atoms with van der Waals surface area (Å²) in [4.78, 5) is 36.4. The lowest BCUT2D eigenvalue weighted by atomic mass is 10.0. The molecular formula is C22H26N2O4. The van der Waals surface area contributed by atoms with Crippen molar-refractivity contribution in [3.63, 3.8) is 0 Å². The van der Waals surface area contributed by atoms with Crippen LogP contribution in [0.4, 0.5) is 0 Å². The van der Waals surface area contributed by atoms with Gasteiger partial charge in [0.2, 0.25) is 5.91 Å². The van der Waals surface area contributed by atoms with Crippen LogP contribution in [0.3, 0.4) is 0 Å². The zero-order chi connectivity index (χ0) is 20.4. The summed E-state index contributed by atoms with van der Waals surface area (Å²) in [5.41, 5.74) is 2.50. The summed E-state index contributed by atoms with van der Waals surface area (Å²) in [7, 11) is 1.33. The number of esters is 1. The zero-order valence-electron chi connectivity index (χ0n) is 16.2. The van der Waals surface area contributed by atoms with Crippen molar-refractivity contribution in [1.29, 1.82) is 0 Å². The number of nitrogens with one attached hydrogen (secondary N) is 2. The molecule has 0 spiro atoms. The molecule has 0 aliphatic rings. The molecule has 2 aromatic rings. The monoisotopic (exact) mass is 382 g/mol. The van der Waals surface area contributed by atoms with Gasteiger partial charge in [0.25, 0.3) is 5.91 Å². The third-order valence-corrected chi connectivity index (χ3v) is 4.30. The summed E-state index contributed by atoms with van der Waals surface area (Å²) in [6, 6.07) is 16.0. The molecule has 0 aromatic heterocycles. The normalized spacial score (nSPS) is 11.4. The maximum Gasteiger partial charge on any atom is 0.305 e. The molecule has 0 unspecified atom stereocenters. The lowest BCUT2D eigenvalue weighted by molar-refractivity contribution is -0.140. The predicted octanol–water partition coefficient (Wildman–Crippen LogP) is 2.41. The fraction of sp³-hybridized carbons (Fsp3) is 0.318. The lowest BCUT2D eigenvalue weighted by Gasteiger charge is -2.19. The van der Waals surface area contributed by atoms with Gasteiger partial charge in [-0.1, -0.05) is 48.0 Å². The third kappa shape index (κ3) is 6.87. The number of hydrogen-bond acceptors (Lipinski definition) is 4. The quantitative estimate of drug-likeness (QED) is 0.515. The Bertz CT molecular complexity index is 788. The molecule has 0 saturated carbocycles. The van der Waals surface area contributed by atoms with Gasteiger partial charge in [-0.2, -0.15) is 0 Å². The van der Waals surface area contributed by atoms with Crippen molar-refractivity contribution in [1.82, 2.24) is 10.6 Å². The Balaban J connectivity index is 2.01. The maximum absolute atomic E-state index is 12.6. The molecule has 0 bridgehead atoms. The van der Waals surface area contributed by atoms with E-state index < -0.39 is 6.04 Å². The van der Waals surface area contributed by atoms with E-state index in [0.29, 0.717) is 24.9 Å². The number of benzene rings is 2. The Morgan fingerprint density at radius 1 is 1.00 bits per heavy atom. The molecule has 1 atom stereocenters. The predicted molar refractivity (Wildman–Crippen MR) is 107 cm³/mol. The summed E-state index contributed by atoms with van der Waals surface area (Å²) in [5, 5.41) is 5.61. The van der Waals surface area contributed by atoms with Crippen LogP contribution < -0.4 is 10.6 Å². The van der Waals surface area contributed by atoms with E-state index >= 15 is 0 Å². The number of ether oxygens (including phenoxy) is 1. The highest BCUT2D eigenvalue weighted by Gasteiger charge is 2.21. The first-order valence-electron chi connectivity index (χ1n) is 9.25. The van der Waals surface area contributed by atoms with Gasteiger partial charge < -0.3 is 15.4 Å². The van der Waals surface area contributed by atoms with Crippen molar-refractivity contribution in [2.24, 2.45) is 0 Å². The summed E-state index contributed by atoms with van der Waals surface area (Å²) < 4.78 is 4.59. The van der Waals surface area contributed by atoms with Crippen LogP contribution in [-0.4, -0.2) is 37.5 Å². The minimum atomic E-state index is -0.714. The Kier molecular flexibility index (Phi) is 8.21. The van der Waals surface area contributed by atoms with Crippen molar-refractivity contribution >= 4 is 17.8 Å². The average Bonchev–Trinajstić information content (AvgIpc) is 2.71. The second kappa shape index (κ2) is 10.9. The van der Waals surface area contributed by atoms with E-state index in [4.69, 9.17) is 0 Å². The number of aryl methyl sites for hydroxylation is 1. The van der Waals surface area contributed by atoms with Crippen LogP contribution >= 0.6 is 0 Å². The second-order valence-corrected chi connectivity index (χ2v) is 6.55. The molecule has 0 radical (unpaired) electrons. The molecule has 2 N–H and O–H groups in total. The van der Waals surface area contributed by atoms with Crippen molar-refractivity contribution in [2.45, 2.75) is 32.2 Å². The van der Waals surface area contributed by atoms with Crippen molar-refractivity contribution < 1.29 is 19.1 Å². The SMILES string of the molecule is COC(=O)CCCNC(=O)[C@H](Cc1ccccc1)NC(=O)c1ccc(C)cc1. The zero-order valence-corrected chi connectivity index (χ0v) is 16.2. The largest absolute Gasteiger partial charge is 0.469 e. The molecular weight excluding hydrogens is 356 g/mol. The molecule has 2 rings (SSSR count). The minimum Gasteiger partial charge on any atom is -0.469 e. The fourth-order valence-corrected chi connectivity index (χ4v) is 2.68. The van der Waals surface area contributed by atoms with Crippen LogP contribution in [-0.2, 0) is 20.7 Å². The van der Waals surface area contributed by atoms with E-state index in [1.165, 1.54) is 7.11 Å².